The van der Waals surface area contributed by atoms with E-state index < -0.39 is 0 Å². The number of benzene rings is 2. The quantitative estimate of drug-likeness (QED) is 0.333. The number of rotatable bonds is 7. The van der Waals surface area contributed by atoms with Crippen molar-refractivity contribution in [1.29, 1.82) is 0 Å². The molecular weight excluding hydrogens is 527 g/mol. The van der Waals surface area contributed by atoms with Crippen LogP contribution in [0.3, 0.4) is 0 Å². The van der Waals surface area contributed by atoms with E-state index in [9.17, 15) is 0 Å². The Morgan fingerprint density at radius 2 is 1.65 bits per heavy atom. The minimum Gasteiger partial charge on any atom is -1.00 e. The molecule has 0 N–H and O–H groups in total. The van der Waals surface area contributed by atoms with Crippen LogP contribution in [0.15, 0.2) is 42.5 Å². The Morgan fingerprint density at radius 1 is 1.03 bits per heavy atom. The fourth-order valence-electron chi connectivity index (χ4n) is 4.89. The molecule has 34 heavy (non-hydrogen) atoms. The second-order valence-corrected chi connectivity index (χ2v) is 11.0. The van der Waals surface area contributed by atoms with E-state index in [1.54, 1.807) is 0 Å². The first-order valence-corrected chi connectivity index (χ1v) is 13.4. The van der Waals surface area contributed by atoms with Crippen LogP contribution in [0, 0.1) is 18.9 Å². The van der Waals surface area contributed by atoms with Crippen LogP contribution in [0.25, 0.3) is 0 Å². The van der Waals surface area contributed by atoms with Crippen LogP contribution in [-0.2, 0) is 17.9 Å². The summed E-state index contributed by atoms with van der Waals surface area (Å²) in [5.74, 6) is 1.51. The Bertz CT molecular complexity index is 918. The summed E-state index contributed by atoms with van der Waals surface area (Å²) < 4.78 is 7.58. The van der Waals surface area contributed by atoms with E-state index in [0.29, 0.717) is 11.3 Å². The smallest absolute Gasteiger partial charge is 0.0140 e. The van der Waals surface area contributed by atoms with E-state index in [1.165, 1.54) is 36.1 Å². The van der Waals surface area contributed by atoms with Crippen LogP contribution in [0.4, 0.5) is 5.69 Å². The molecule has 0 radical (unpaired) electrons. The van der Waals surface area contributed by atoms with Crippen molar-refractivity contribution in [3.05, 3.63) is 65.7 Å². The molecule has 1 saturated heterocycles. The zero-order valence-electron chi connectivity index (χ0n) is 22.6. The SMILES string of the molecule is CC(C)Oc1ccccc1[CH]=[Ru+].CCC1(CC)[CH-]N(c2c(C)cccc2C(C)C)C(C)(C)C1.[Cl-]. The Balaban J connectivity index is 0.000000380. The maximum Gasteiger partial charge on any atom is 0.0140 e. The summed E-state index contributed by atoms with van der Waals surface area (Å²) in [6.45, 7) is 22.9. The van der Waals surface area contributed by atoms with Crippen LogP contribution in [-0.4, -0.2) is 16.3 Å². The Labute approximate surface area is 225 Å². The van der Waals surface area contributed by atoms with Gasteiger partial charge in [-0.3, -0.25) is 0 Å². The molecule has 2 aromatic rings. The van der Waals surface area contributed by atoms with Crippen molar-refractivity contribution in [2.75, 3.05) is 4.90 Å². The third kappa shape index (κ3) is 7.41. The van der Waals surface area contributed by atoms with Gasteiger partial charge in [0.25, 0.3) is 0 Å². The van der Waals surface area contributed by atoms with Gasteiger partial charge in [-0.05, 0) is 37.8 Å². The zero-order chi connectivity index (χ0) is 24.8. The molecule has 2 nitrogen and oxygen atoms in total. The number of anilines is 1. The molecule has 1 aliphatic heterocycles. The fourth-order valence-corrected chi connectivity index (χ4v) is 5.31. The average Bonchev–Trinajstić information content (AvgIpc) is 3.05. The maximum atomic E-state index is 5.59. The van der Waals surface area contributed by atoms with E-state index in [1.807, 2.05) is 42.7 Å². The van der Waals surface area contributed by atoms with Crippen LogP contribution >= 0.6 is 0 Å². The molecular formula is C30H44ClNORu-. The first-order valence-electron chi connectivity index (χ1n) is 12.4. The van der Waals surface area contributed by atoms with Gasteiger partial charge >= 0.3 is 82.7 Å². The molecule has 0 saturated carbocycles. The van der Waals surface area contributed by atoms with Gasteiger partial charge in [-0.2, -0.15) is 0 Å². The normalized spacial score (nSPS) is 16.0. The average molecular weight is 571 g/mol. The molecule has 0 spiro atoms. The molecule has 0 atom stereocenters. The molecule has 1 heterocycles. The van der Waals surface area contributed by atoms with Gasteiger partial charge in [-0.25, -0.2) is 6.54 Å². The molecule has 0 unspecified atom stereocenters. The van der Waals surface area contributed by atoms with Crippen LogP contribution in [0.2, 0.25) is 0 Å². The first-order chi connectivity index (χ1) is 15.5. The van der Waals surface area contributed by atoms with E-state index >= 15 is 0 Å². The predicted molar refractivity (Wildman–Crippen MR) is 141 cm³/mol. The van der Waals surface area contributed by atoms with Gasteiger partial charge in [-0.1, -0.05) is 65.2 Å². The summed E-state index contributed by atoms with van der Waals surface area (Å²) in [7, 11) is 0. The predicted octanol–water partition coefficient (Wildman–Crippen LogP) is 5.25. The Hall–Kier alpha value is -1.18. The number of ether oxygens (including phenoxy) is 1. The maximum absolute atomic E-state index is 5.59. The summed E-state index contributed by atoms with van der Waals surface area (Å²) in [6, 6.07) is 14.8. The van der Waals surface area contributed by atoms with Gasteiger partial charge in [0.2, 0.25) is 0 Å². The first kappa shape index (κ1) is 30.9. The van der Waals surface area contributed by atoms with Crippen LogP contribution < -0.4 is 22.0 Å². The molecule has 2 aromatic carbocycles. The topological polar surface area (TPSA) is 12.5 Å². The van der Waals surface area contributed by atoms with Crippen molar-refractivity contribution in [3.8, 4) is 5.75 Å². The summed E-state index contributed by atoms with van der Waals surface area (Å²) in [6.07, 6.45) is 3.94. The molecule has 0 aliphatic carbocycles. The summed E-state index contributed by atoms with van der Waals surface area (Å²) >= 11 is 2.49. The van der Waals surface area contributed by atoms with E-state index in [0.717, 1.165) is 11.3 Å². The molecule has 4 heteroatoms. The summed E-state index contributed by atoms with van der Waals surface area (Å²) in [5.41, 5.74) is 6.00. The van der Waals surface area contributed by atoms with Gasteiger partial charge in [0, 0.05) is 11.2 Å². The molecule has 0 bridgehead atoms. The monoisotopic (exact) mass is 571 g/mol. The summed E-state index contributed by atoms with van der Waals surface area (Å²) in [5, 5.41) is 0. The van der Waals surface area contributed by atoms with Gasteiger partial charge < -0.3 is 17.3 Å². The third-order valence-electron chi connectivity index (χ3n) is 6.77. The third-order valence-corrected chi connectivity index (χ3v) is 7.31. The van der Waals surface area contributed by atoms with E-state index in [4.69, 9.17) is 4.74 Å². The zero-order valence-corrected chi connectivity index (χ0v) is 25.1. The van der Waals surface area contributed by atoms with Gasteiger partial charge in [-0.15, -0.1) is 5.41 Å². The molecule has 3 rings (SSSR count). The molecule has 0 amide bonds. The molecule has 0 aromatic heterocycles. The minimum absolute atomic E-state index is 0. The summed E-state index contributed by atoms with van der Waals surface area (Å²) in [4.78, 5) is 2.59. The van der Waals surface area contributed by atoms with Crippen molar-refractivity contribution in [2.45, 2.75) is 99.1 Å². The largest absolute Gasteiger partial charge is 1.00 e. The van der Waals surface area contributed by atoms with Crippen molar-refractivity contribution < 1.29 is 35.0 Å². The number of hydrogen-bond donors (Lipinski definition) is 0. The Kier molecular flexibility index (Phi) is 12.0. The molecule has 1 fully saturated rings. The number of aryl methyl sites for hydroxylation is 1. The van der Waals surface area contributed by atoms with E-state index in [2.05, 4.69) is 96.0 Å². The van der Waals surface area contributed by atoms with Gasteiger partial charge in [0.05, 0.1) is 0 Å². The number of nitrogens with zero attached hydrogens (tertiary/aromatic N) is 1. The van der Waals surface area contributed by atoms with Gasteiger partial charge in [0.1, 0.15) is 0 Å². The van der Waals surface area contributed by atoms with Crippen molar-refractivity contribution in [1.82, 2.24) is 0 Å². The van der Waals surface area contributed by atoms with Crippen molar-refractivity contribution >= 4 is 10.3 Å². The van der Waals surface area contributed by atoms with Crippen LogP contribution in [0.1, 0.15) is 97.3 Å². The fraction of sp³-hybridized carbons (Fsp3) is 0.533. The number of halogens is 1. The molecule has 191 valence electrons. The standard InChI is InChI=1S/C20H32N.C10H12O.ClH.Ru/c1-8-20(9-2)13-19(6,7)21(14-20)18-16(5)11-10-12-17(18)15(3)4;1-8(2)11-10-7-5-4-6-9(10)3;;/h10-12,14-15H,8-9,13H2,1-7H3;3-8H,1-2H3;1H;/q-1;;;+1/p-1. The van der Waals surface area contributed by atoms with Crippen molar-refractivity contribution in [2.24, 2.45) is 5.41 Å². The van der Waals surface area contributed by atoms with Crippen LogP contribution in [0.5, 0.6) is 5.75 Å². The Morgan fingerprint density at radius 3 is 2.15 bits per heavy atom. The molecule has 1 aliphatic rings. The van der Waals surface area contributed by atoms with Gasteiger partial charge in [0.15, 0.2) is 0 Å². The second-order valence-electron chi connectivity index (χ2n) is 10.5. The number of para-hydroxylation sites is 2. The van der Waals surface area contributed by atoms with E-state index in [-0.39, 0.29) is 24.0 Å². The second kappa shape index (κ2) is 13.2. The van der Waals surface area contributed by atoms with Crippen molar-refractivity contribution in [3.63, 3.8) is 0 Å². The minimum atomic E-state index is 0. The number of hydrogen-bond acceptors (Lipinski definition) is 2.